The number of hydrogen-bond acceptors (Lipinski definition) is 6. The normalized spacial score (nSPS) is 11.6. The lowest BCUT2D eigenvalue weighted by Gasteiger charge is -2.26. The van der Waals surface area contributed by atoms with E-state index in [2.05, 4.69) is 5.32 Å². The molecule has 0 spiro atoms. The van der Waals surface area contributed by atoms with Crippen LogP contribution in [-0.4, -0.2) is 40.9 Å². The fourth-order valence-electron chi connectivity index (χ4n) is 3.58. The summed E-state index contributed by atoms with van der Waals surface area (Å²) in [4.78, 5) is 25.1. The average Bonchev–Trinajstić information content (AvgIpc) is 2.88. The van der Waals surface area contributed by atoms with Gasteiger partial charge in [0.05, 0.1) is 16.3 Å². The smallest absolute Gasteiger partial charge is 0.264 e. The molecule has 0 aromatic heterocycles. The van der Waals surface area contributed by atoms with Crippen LogP contribution in [0.1, 0.15) is 39.5 Å². The van der Waals surface area contributed by atoms with Gasteiger partial charge in [0, 0.05) is 12.1 Å². The van der Waals surface area contributed by atoms with Crippen molar-refractivity contribution < 1.29 is 26.4 Å². The van der Waals surface area contributed by atoms with Crippen LogP contribution in [-0.2, 0) is 31.4 Å². The number of aryl methyl sites for hydroxylation is 2. The van der Waals surface area contributed by atoms with Crippen molar-refractivity contribution in [3.63, 3.8) is 0 Å². The number of benzene rings is 3. The van der Waals surface area contributed by atoms with Gasteiger partial charge in [0.25, 0.3) is 15.9 Å². The molecule has 0 saturated carbocycles. The van der Waals surface area contributed by atoms with Crippen LogP contribution in [0.2, 0.25) is 0 Å². The summed E-state index contributed by atoms with van der Waals surface area (Å²) in [5, 5.41) is 2.72. The second kappa shape index (κ2) is 11.8. The number of rotatable bonds is 10. The number of carbonyl (C=O) groups is 2. The monoisotopic (exact) mass is 557 g/mol. The van der Waals surface area contributed by atoms with E-state index in [1.54, 1.807) is 36.4 Å². The van der Waals surface area contributed by atoms with Gasteiger partial charge in [-0.05, 0) is 74.7 Å². The first-order valence-corrected chi connectivity index (χ1v) is 15.0. The number of sulfonamides is 2. The first-order chi connectivity index (χ1) is 17.8. The van der Waals surface area contributed by atoms with Crippen molar-refractivity contribution in [2.45, 2.75) is 39.1 Å². The fourth-order valence-corrected chi connectivity index (χ4v) is 5.60. The lowest BCUT2D eigenvalue weighted by molar-refractivity contribution is -0.119. The highest BCUT2D eigenvalue weighted by atomic mass is 32.2. The van der Waals surface area contributed by atoms with Gasteiger partial charge in [-0.1, -0.05) is 42.0 Å². The second-order valence-electron chi connectivity index (χ2n) is 8.85. The molecule has 0 aliphatic heterocycles. The van der Waals surface area contributed by atoms with E-state index >= 15 is 0 Å². The van der Waals surface area contributed by atoms with Crippen LogP contribution in [0.3, 0.4) is 0 Å². The maximum absolute atomic E-state index is 13.6. The van der Waals surface area contributed by atoms with Crippen molar-refractivity contribution in [1.82, 2.24) is 10.0 Å². The van der Waals surface area contributed by atoms with Gasteiger partial charge < -0.3 is 5.32 Å². The van der Waals surface area contributed by atoms with Crippen molar-refractivity contribution in [1.29, 1.82) is 0 Å². The predicted molar refractivity (Wildman–Crippen MR) is 147 cm³/mol. The zero-order chi connectivity index (χ0) is 28.1. The Morgan fingerprint density at radius 1 is 0.842 bits per heavy atom. The Morgan fingerprint density at radius 2 is 1.47 bits per heavy atom. The Kier molecular flexibility index (Phi) is 8.95. The largest absolute Gasteiger partial charge is 0.350 e. The van der Waals surface area contributed by atoms with Crippen LogP contribution in [0.15, 0.2) is 71.6 Å². The lowest BCUT2D eigenvalue weighted by atomic mass is 10.1. The number of amides is 2. The number of anilines is 1. The highest BCUT2D eigenvalue weighted by molar-refractivity contribution is 7.93. The van der Waals surface area contributed by atoms with Gasteiger partial charge in [-0.25, -0.2) is 21.6 Å². The van der Waals surface area contributed by atoms with E-state index in [0.29, 0.717) is 11.3 Å². The van der Waals surface area contributed by atoms with Crippen molar-refractivity contribution in [3.8, 4) is 0 Å². The summed E-state index contributed by atoms with van der Waals surface area (Å²) in [7, 11) is -7.73. The highest BCUT2D eigenvalue weighted by Gasteiger charge is 2.28. The molecule has 0 heterocycles. The topological polar surface area (TPSA) is 130 Å². The summed E-state index contributed by atoms with van der Waals surface area (Å²) in [5.41, 5.74) is 3.77. The average molecular weight is 558 g/mol. The molecule has 0 unspecified atom stereocenters. The lowest BCUT2D eigenvalue weighted by Crippen LogP contribution is -2.41. The molecule has 11 heteroatoms. The van der Waals surface area contributed by atoms with Crippen LogP contribution in [0.4, 0.5) is 5.69 Å². The first kappa shape index (κ1) is 28.9. The minimum Gasteiger partial charge on any atom is -0.350 e. The van der Waals surface area contributed by atoms with Crippen LogP contribution in [0.5, 0.6) is 0 Å². The Morgan fingerprint density at radius 3 is 2.08 bits per heavy atom. The number of carbonyl (C=O) groups excluding carboxylic acids is 2. The summed E-state index contributed by atoms with van der Waals surface area (Å²) >= 11 is 0. The Balaban J connectivity index is 1.78. The number of nitrogens with zero attached hydrogens (tertiary/aromatic N) is 1. The number of nitrogens with one attached hydrogen (secondary N) is 2. The summed E-state index contributed by atoms with van der Waals surface area (Å²) in [6.45, 7) is 6.61. The van der Waals surface area contributed by atoms with Crippen LogP contribution in [0.25, 0.3) is 0 Å². The second-order valence-corrected chi connectivity index (χ2v) is 12.7. The minimum atomic E-state index is -4.04. The summed E-state index contributed by atoms with van der Waals surface area (Å²) in [5.74, 6) is -1.48. The molecule has 38 heavy (non-hydrogen) atoms. The summed E-state index contributed by atoms with van der Waals surface area (Å²) in [6, 6.07) is 17.8. The molecule has 0 aliphatic carbocycles. The molecule has 3 rings (SSSR count). The van der Waals surface area contributed by atoms with Gasteiger partial charge in [-0.2, -0.15) is 0 Å². The molecule has 0 saturated heterocycles. The van der Waals surface area contributed by atoms with Crippen LogP contribution < -0.4 is 14.3 Å². The molecular weight excluding hydrogens is 526 g/mol. The van der Waals surface area contributed by atoms with E-state index in [0.717, 1.165) is 21.0 Å². The van der Waals surface area contributed by atoms with Crippen LogP contribution in [0, 0.1) is 20.8 Å². The molecule has 0 radical (unpaired) electrons. The quantitative estimate of drug-likeness (QED) is 0.394. The third-order valence-corrected chi connectivity index (χ3v) is 9.11. The van der Waals surface area contributed by atoms with Crippen molar-refractivity contribution in [3.05, 3.63) is 94.5 Å². The Labute approximate surface area is 224 Å². The molecule has 2 N–H and O–H groups in total. The summed E-state index contributed by atoms with van der Waals surface area (Å²) < 4.78 is 53.5. The molecular formula is C27H31N3O6S2. The molecule has 0 bridgehead atoms. The first-order valence-electron chi connectivity index (χ1n) is 11.9. The Bertz CT molecular complexity index is 1530. The van der Waals surface area contributed by atoms with Crippen LogP contribution >= 0.6 is 0 Å². The third-order valence-electron chi connectivity index (χ3n) is 6.07. The van der Waals surface area contributed by atoms with Gasteiger partial charge in [0.1, 0.15) is 6.54 Å². The van der Waals surface area contributed by atoms with Gasteiger partial charge in [-0.3, -0.25) is 13.9 Å². The van der Waals surface area contributed by atoms with Gasteiger partial charge in [0.15, 0.2) is 0 Å². The standard InChI is InChI=1S/C27H31N3O6S2/c1-5-37(33,34)29-27(32)23-13-11-22(12-14-23)17-28-26(31)18-30(25-8-6-7-20(3)21(25)4)38(35,36)24-15-9-19(2)10-16-24/h6-16H,5,17-18H2,1-4H3,(H,28,31)(H,29,32). The zero-order valence-corrected chi connectivity index (χ0v) is 23.3. The summed E-state index contributed by atoms with van der Waals surface area (Å²) in [6.07, 6.45) is 0. The molecule has 9 nitrogen and oxygen atoms in total. The third kappa shape index (κ3) is 6.99. The van der Waals surface area contributed by atoms with E-state index in [4.69, 9.17) is 0 Å². The van der Waals surface area contributed by atoms with Crippen molar-refractivity contribution >= 4 is 37.5 Å². The molecule has 3 aromatic carbocycles. The fraction of sp³-hybridized carbons (Fsp3) is 0.259. The minimum absolute atomic E-state index is 0.0794. The molecule has 202 valence electrons. The molecule has 0 fully saturated rings. The maximum Gasteiger partial charge on any atom is 0.264 e. The van der Waals surface area contributed by atoms with Crippen molar-refractivity contribution in [2.75, 3.05) is 16.6 Å². The molecule has 3 aromatic rings. The maximum atomic E-state index is 13.6. The van der Waals surface area contributed by atoms with E-state index in [1.807, 2.05) is 31.6 Å². The van der Waals surface area contributed by atoms with E-state index in [-0.39, 0.29) is 22.8 Å². The van der Waals surface area contributed by atoms with Gasteiger partial charge in [0.2, 0.25) is 15.9 Å². The van der Waals surface area contributed by atoms with Gasteiger partial charge >= 0.3 is 0 Å². The molecule has 0 aliphatic rings. The molecule has 0 atom stereocenters. The Hall–Kier alpha value is -3.70. The van der Waals surface area contributed by atoms with Crippen molar-refractivity contribution in [2.24, 2.45) is 0 Å². The molecule has 2 amide bonds. The van der Waals surface area contributed by atoms with E-state index in [1.165, 1.54) is 31.2 Å². The van der Waals surface area contributed by atoms with Gasteiger partial charge in [-0.15, -0.1) is 0 Å². The van der Waals surface area contributed by atoms with E-state index < -0.39 is 38.4 Å². The zero-order valence-electron chi connectivity index (χ0n) is 21.7. The SMILES string of the molecule is CCS(=O)(=O)NC(=O)c1ccc(CNC(=O)CN(c2cccc(C)c2C)S(=O)(=O)c2ccc(C)cc2)cc1. The predicted octanol–water partition coefficient (Wildman–Crippen LogP) is 3.20. The highest BCUT2D eigenvalue weighted by Crippen LogP contribution is 2.28. The van der Waals surface area contributed by atoms with E-state index in [9.17, 15) is 26.4 Å². The number of hydrogen-bond donors (Lipinski definition) is 2.